The molecule has 2 atom stereocenters. The number of carbonyl (C=O) groups excluding carboxylic acids is 2. The highest BCUT2D eigenvalue weighted by Gasteiger charge is 2.48. The summed E-state index contributed by atoms with van der Waals surface area (Å²) >= 11 is 0. The second-order valence-corrected chi connectivity index (χ2v) is 9.64. The van der Waals surface area contributed by atoms with E-state index in [1.54, 1.807) is 31.1 Å². The van der Waals surface area contributed by atoms with Crippen molar-refractivity contribution >= 4 is 22.7 Å². The minimum Gasteiger partial charge on any atom is -0.497 e. The van der Waals surface area contributed by atoms with Crippen LogP contribution in [0.2, 0.25) is 0 Å². The topological polar surface area (TPSA) is 84.1 Å². The fourth-order valence-electron chi connectivity index (χ4n) is 5.78. The number of H-pyrrole nitrogens is 1. The number of hydrogen-bond acceptors (Lipinski definition) is 5. The van der Waals surface area contributed by atoms with Crippen molar-refractivity contribution in [1.29, 1.82) is 0 Å². The number of aromatic nitrogens is 1. The third kappa shape index (κ3) is 3.84. The van der Waals surface area contributed by atoms with Gasteiger partial charge in [0.2, 0.25) is 11.8 Å². The Morgan fingerprint density at radius 3 is 2.37 bits per heavy atom. The monoisotopic (exact) mass is 511 g/mol. The minimum atomic E-state index is -0.627. The molecule has 2 aliphatic heterocycles. The number of hydrogen-bond donors (Lipinski definition) is 1. The van der Waals surface area contributed by atoms with E-state index < -0.39 is 12.1 Å². The average molecular weight is 512 g/mol. The molecule has 4 aromatic rings. The van der Waals surface area contributed by atoms with Crippen LogP contribution in [0.4, 0.5) is 0 Å². The van der Waals surface area contributed by atoms with Crippen LogP contribution < -0.4 is 14.2 Å². The smallest absolute Gasteiger partial charge is 0.246 e. The Morgan fingerprint density at radius 2 is 1.63 bits per heavy atom. The number of ether oxygens (including phenoxy) is 3. The second kappa shape index (κ2) is 9.45. The van der Waals surface area contributed by atoms with Crippen LogP contribution in [0, 0.1) is 0 Å². The summed E-state index contributed by atoms with van der Waals surface area (Å²) < 4.78 is 16.4. The second-order valence-electron chi connectivity index (χ2n) is 9.64. The lowest BCUT2D eigenvalue weighted by molar-refractivity contribution is -0.159. The van der Waals surface area contributed by atoms with Crippen molar-refractivity contribution in [3.8, 4) is 17.2 Å². The maximum absolute atomic E-state index is 14.0. The lowest BCUT2D eigenvalue weighted by Gasteiger charge is -2.47. The molecule has 194 valence electrons. The van der Waals surface area contributed by atoms with Crippen LogP contribution >= 0.6 is 0 Å². The highest BCUT2D eigenvalue weighted by atomic mass is 16.5. The van der Waals surface area contributed by atoms with Crippen LogP contribution in [0.25, 0.3) is 10.9 Å². The normalized spacial score (nSPS) is 18.8. The molecule has 3 heterocycles. The number of methoxy groups -OCH3 is 3. The molecule has 1 saturated heterocycles. The zero-order chi connectivity index (χ0) is 26.4. The summed E-state index contributed by atoms with van der Waals surface area (Å²) in [6.07, 6.45) is 0.442. The first-order valence-corrected chi connectivity index (χ1v) is 12.6. The fourth-order valence-corrected chi connectivity index (χ4v) is 5.78. The molecule has 0 saturated carbocycles. The van der Waals surface area contributed by atoms with E-state index in [1.165, 1.54) is 0 Å². The first-order chi connectivity index (χ1) is 18.5. The SMILES string of the molecule is COc1ccc(CN2CC(=O)N3[C@@H](c4ccc(OC)cc4OC)c4[nH]c5ccccc5c4C[C@H]3C2=O)cc1. The summed E-state index contributed by atoms with van der Waals surface area (Å²) in [7, 11) is 4.82. The van der Waals surface area contributed by atoms with Crippen LogP contribution in [0.5, 0.6) is 17.2 Å². The van der Waals surface area contributed by atoms with Gasteiger partial charge in [0, 0.05) is 41.2 Å². The predicted octanol–water partition coefficient (Wildman–Crippen LogP) is 4.08. The number of nitrogens with one attached hydrogen (secondary N) is 1. The maximum Gasteiger partial charge on any atom is 0.246 e. The molecule has 1 N–H and O–H groups in total. The van der Waals surface area contributed by atoms with E-state index >= 15 is 0 Å². The van der Waals surface area contributed by atoms with Crippen molar-refractivity contribution in [3.05, 3.63) is 89.1 Å². The van der Waals surface area contributed by atoms with Crippen molar-refractivity contribution in [3.63, 3.8) is 0 Å². The summed E-state index contributed by atoms with van der Waals surface area (Å²) in [5, 5.41) is 1.06. The average Bonchev–Trinajstić information content (AvgIpc) is 3.33. The van der Waals surface area contributed by atoms with Crippen molar-refractivity contribution in [2.24, 2.45) is 0 Å². The van der Waals surface area contributed by atoms with E-state index in [9.17, 15) is 9.59 Å². The molecule has 2 aliphatic rings. The summed E-state index contributed by atoms with van der Waals surface area (Å²) in [6.45, 7) is 0.363. The quantitative estimate of drug-likeness (QED) is 0.422. The number of piperazine rings is 1. The number of benzene rings is 3. The molecule has 0 spiro atoms. The van der Waals surface area contributed by atoms with Gasteiger partial charge in [-0.2, -0.15) is 0 Å². The van der Waals surface area contributed by atoms with Crippen LogP contribution in [-0.2, 0) is 22.6 Å². The van der Waals surface area contributed by atoms with Crippen LogP contribution in [0.15, 0.2) is 66.7 Å². The Kier molecular flexibility index (Phi) is 5.94. The molecule has 0 bridgehead atoms. The fraction of sp³-hybridized carbons (Fsp3) is 0.267. The Bertz CT molecular complexity index is 1530. The first kappa shape index (κ1) is 23.9. The molecule has 6 rings (SSSR count). The highest BCUT2D eigenvalue weighted by Crippen LogP contribution is 2.45. The largest absolute Gasteiger partial charge is 0.497 e. The van der Waals surface area contributed by atoms with Gasteiger partial charge in [-0.05, 0) is 41.5 Å². The van der Waals surface area contributed by atoms with Crippen LogP contribution in [0.1, 0.15) is 28.4 Å². The number of nitrogens with zero attached hydrogens (tertiary/aromatic N) is 2. The van der Waals surface area contributed by atoms with E-state index in [-0.39, 0.29) is 18.4 Å². The lowest BCUT2D eigenvalue weighted by atomic mass is 9.85. The van der Waals surface area contributed by atoms with E-state index in [1.807, 2.05) is 60.7 Å². The molecule has 1 fully saturated rings. The molecular weight excluding hydrogens is 482 g/mol. The van der Waals surface area contributed by atoms with Crippen molar-refractivity contribution < 1.29 is 23.8 Å². The van der Waals surface area contributed by atoms with Gasteiger partial charge in [0.05, 0.1) is 21.3 Å². The molecule has 0 unspecified atom stereocenters. The van der Waals surface area contributed by atoms with Crippen molar-refractivity contribution in [1.82, 2.24) is 14.8 Å². The molecule has 8 heteroatoms. The molecule has 38 heavy (non-hydrogen) atoms. The van der Waals surface area contributed by atoms with E-state index in [0.717, 1.165) is 39.0 Å². The Morgan fingerprint density at radius 1 is 0.895 bits per heavy atom. The molecule has 1 aromatic heterocycles. The molecule has 0 aliphatic carbocycles. The lowest BCUT2D eigenvalue weighted by Crippen LogP contribution is -2.62. The van der Waals surface area contributed by atoms with Gasteiger partial charge in [0.1, 0.15) is 35.9 Å². The van der Waals surface area contributed by atoms with Gasteiger partial charge in [0.25, 0.3) is 0 Å². The number of para-hydroxylation sites is 1. The number of rotatable bonds is 6. The van der Waals surface area contributed by atoms with Gasteiger partial charge in [-0.3, -0.25) is 9.59 Å². The van der Waals surface area contributed by atoms with E-state index in [2.05, 4.69) is 11.1 Å². The first-order valence-electron chi connectivity index (χ1n) is 12.6. The Balaban J connectivity index is 1.44. The maximum atomic E-state index is 14.0. The van der Waals surface area contributed by atoms with Gasteiger partial charge >= 0.3 is 0 Å². The van der Waals surface area contributed by atoms with Crippen molar-refractivity contribution in [2.45, 2.75) is 25.0 Å². The van der Waals surface area contributed by atoms with Gasteiger partial charge in [-0.15, -0.1) is 0 Å². The van der Waals surface area contributed by atoms with E-state index in [4.69, 9.17) is 14.2 Å². The van der Waals surface area contributed by atoms with Crippen LogP contribution in [-0.4, -0.2) is 60.5 Å². The summed E-state index contributed by atoms with van der Waals surface area (Å²) in [5.41, 5.74) is 4.69. The molecule has 2 amide bonds. The summed E-state index contributed by atoms with van der Waals surface area (Å²) in [4.78, 5) is 34.8. The third-order valence-electron chi connectivity index (χ3n) is 7.61. The van der Waals surface area contributed by atoms with Gasteiger partial charge < -0.3 is 29.0 Å². The molecule has 3 aromatic carbocycles. The summed E-state index contributed by atoms with van der Waals surface area (Å²) in [6, 6.07) is 20.1. The number of carbonyl (C=O) groups is 2. The predicted molar refractivity (Wildman–Crippen MR) is 142 cm³/mol. The zero-order valence-electron chi connectivity index (χ0n) is 21.6. The van der Waals surface area contributed by atoms with Crippen LogP contribution in [0.3, 0.4) is 0 Å². The number of aromatic amines is 1. The number of amides is 2. The Hall–Kier alpha value is -4.46. The standard InChI is InChI=1S/C30H29N3O5/c1-36-19-10-8-18(9-11-19)16-32-17-27(34)33-25(30(32)35)15-23-21-6-4-5-7-24(21)31-28(23)29(33)22-13-12-20(37-2)14-26(22)38-3/h4-14,25,29,31H,15-17H2,1-3H3/t25-,29-/m0/s1. The number of fused-ring (bicyclic) bond motifs is 4. The molecule has 8 nitrogen and oxygen atoms in total. The molecular formula is C30H29N3O5. The Labute approximate surface area is 220 Å². The van der Waals surface area contributed by atoms with E-state index in [0.29, 0.717) is 24.5 Å². The van der Waals surface area contributed by atoms with Gasteiger partial charge in [-0.1, -0.05) is 30.3 Å². The third-order valence-corrected chi connectivity index (χ3v) is 7.61. The summed E-state index contributed by atoms with van der Waals surface area (Å²) in [5.74, 6) is 1.84. The minimum absolute atomic E-state index is 0.00585. The highest BCUT2D eigenvalue weighted by molar-refractivity contribution is 5.97. The van der Waals surface area contributed by atoms with Gasteiger partial charge in [0.15, 0.2) is 0 Å². The van der Waals surface area contributed by atoms with Gasteiger partial charge in [-0.25, -0.2) is 0 Å². The van der Waals surface area contributed by atoms with Crippen molar-refractivity contribution in [2.75, 3.05) is 27.9 Å². The molecule has 0 radical (unpaired) electrons. The zero-order valence-corrected chi connectivity index (χ0v) is 21.6.